The van der Waals surface area contributed by atoms with Gasteiger partial charge in [-0.05, 0) is 65.4 Å². The fourth-order valence-corrected chi connectivity index (χ4v) is 2.02. The maximum absolute atomic E-state index is 12.1. The van der Waals surface area contributed by atoms with Crippen LogP contribution in [0.4, 0.5) is 11.5 Å². The Bertz CT molecular complexity index is 596. The van der Waals surface area contributed by atoms with Crippen LogP contribution in [0.25, 0.3) is 0 Å². The lowest BCUT2D eigenvalue weighted by molar-refractivity contribution is 0.102. The number of pyridine rings is 1. The van der Waals surface area contributed by atoms with Crippen LogP contribution in [0.15, 0.2) is 36.4 Å². The Morgan fingerprint density at radius 3 is 2.63 bits per heavy atom. The van der Waals surface area contributed by atoms with E-state index in [9.17, 15) is 4.79 Å². The highest BCUT2D eigenvalue weighted by molar-refractivity contribution is 14.1. The molecule has 0 atom stereocenters. The molecule has 4 nitrogen and oxygen atoms in total. The molecule has 0 fully saturated rings. The second-order valence-electron chi connectivity index (χ2n) is 4.09. The number of nitrogens with two attached hydrogens (primary N) is 1. The first-order valence-corrected chi connectivity index (χ1v) is 6.99. The monoisotopic (exact) mass is 367 g/mol. The van der Waals surface area contributed by atoms with Crippen molar-refractivity contribution in [1.29, 1.82) is 0 Å². The number of anilines is 2. The number of benzene rings is 1. The molecule has 0 bridgehead atoms. The molecule has 19 heavy (non-hydrogen) atoms. The van der Waals surface area contributed by atoms with E-state index >= 15 is 0 Å². The number of carbonyl (C=O) groups excluding carboxylic acids is 1. The van der Waals surface area contributed by atoms with Gasteiger partial charge in [0.25, 0.3) is 5.91 Å². The van der Waals surface area contributed by atoms with Crippen LogP contribution in [0.2, 0.25) is 0 Å². The molecule has 1 amide bonds. The summed E-state index contributed by atoms with van der Waals surface area (Å²) in [7, 11) is 0. The molecule has 1 heterocycles. The third-order valence-corrected chi connectivity index (χ3v) is 3.34. The van der Waals surface area contributed by atoms with Gasteiger partial charge in [-0.15, -0.1) is 0 Å². The summed E-state index contributed by atoms with van der Waals surface area (Å²) >= 11 is 2.22. The van der Waals surface area contributed by atoms with E-state index in [1.54, 1.807) is 12.1 Å². The average Bonchev–Trinajstić information content (AvgIpc) is 2.40. The fraction of sp³-hybridized carbons (Fsp3) is 0.143. The highest BCUT2D eigenvalue weighted by Crippen LogP contribution is 2.14. The number of hydrogen-bond donors (Lipinski definition) is 2. The molecule has 5 heteroatoms. The summed E-state index contributed by atoms with van der Waals surface area (Å²) in [6.07, 6.45) is 0.745. The summed E-state index contributed by atoms with van der Waals surface area (Å²) < 4.78 is 1.12. The Balaban J connectivity index is 2.20. The van der Waals surface area contributed by atoms with Gasteiger partial charge in [-0.25, -0.2) is 4.98 Å². The summed E-state index contributed by atoms with van der Waals surface area (Å²) in [6, 6.07) is 11.0. The smallest absolute Gasteiger partial charge is 0.255 e. The van der Waals surface area contributed by atoms with Crippen molar-refractivity contribution >= 4 is 40.0 Å². The van der Waals surface area contributed by atoms with Gasteiger partial charge in [0.2, 0.25) is 0 Å². The Labute approximate surface area is 125 Å². The van der Waals surface area contributed by atoms with Gasteiger partial charge < -0.3 is 11.1 Å². The maximum Gasteiger partial charge on any atom is 0.255 e. The van der Waals surface area contributed by atoms with Gasteiger partial charge in [-0.3, -0.25) is 4.79 Å². The van der Waals surface area contributed by atoms with Crippen molar-refractivity contribution in [2.75, 3.05) is 11.1 Å². The predicted octanol–water partition coefficient (Wildman–Crippen LogP) is 3.08. The number of hydrogen-bond acceptors (Lipinski definition) is 3. The predicted molar refractivity (Wildman–Crippen MR) is 85.1 cm³/mol. The lowest BCUT2D eigenvalue weighted by atomic mass is 10.1. The van der Waals surface area contributed by atoms with Gasteiger partial charge in [-0.2, -0.15) is 0 Å². The Morgan fingerprint density at radius 2 is 2.00 bits per heavy atom. The molecule has 3 N–H and O–H groups in total. The van der Waals surface area contributed by atoms with Crippen LogP contribution in [0, 0.1) is 3.57 Å². The van der Waals surface area contributed by atoms with Crippen molar-refractivity contribution in [2.24, 2.45) is 0 Å². The van der Waals surface area contributed by atoms with Crippen LogP contribution in [-0.4, -0.2) is 10.9 Å². The van der Waals surface area contributed by atoms with E-state index in [0.29, 0.717) is 11.4 Å². The molecule has 0 saturated heterocycles. The van der Waals surface area contributed by atoms with E-state index in [1.807, 2.05) is 31.2 Å². The zero-order valence-corrected chi connectivity index (χ0v) is 12.6. The standard InChI is InChI=1S/C14H14IN3O/c1-2-11-7-9(8-13(16)17-11)14(19)18-12-5-3-10(15)4-6-12/h3-8H,2H2,1H3,(H2,16,17)(H,18,19). The number of rotatable bonds is 3. The zero-order chi connectivity index (χ0) is 13.8. The molecule has 0 aliphatic rings. The molecule has 2 rings (SSSR count). The van der Waals surface area contributed by atoms with Crippen molar-refractivity contribution in [3.8, 4) is 0 Å². The number of carbonyl (C=O) groups is 1. The van der Waals surface area contributed by atoms with Gasteiger partial charge in [0.1, 0.15) is 5.82 Å². The fourth-order valence-electron chi connectivity index (χ4n) is 1.66. The van der Waals surface area contributed by atoms with E-state index in [-0.39, 0.29) is 5.91 Å². The Hall–Kier alpha value is -1.63. The van der Waals surface area contributed by atoms with Crippen LogP contribution in [0.1, 0.15) is 23.0 Å². The van der Waals surface area contributed by atoms with Gasteiger partial charge in [0, 0.05) is 20.5 Å². The van der Waals surface area contributed by atoms with Crippen LogP contribution in [-0.2, 0) is 6.42 Å². The van der Waals surface area contributed by atoms with Gasteiger partial charge in [0.05, 0.1) is 0 Å². The third-order valence-electron chi connectivity index (χ3n) is 2.62. The number of nitrogens with zero attached hydrogens (tertiary/aromatic N) is 1. The molecule has 0 spiro atoms. The van der Waals surface area contributed by atoms with Crippen LogP contribution in [0.3, 0.4) is 0 Å². The van der Waals surface area contributed by atoms with E-state index in [0.717, 1.165) is 21.4 Å². The summed E-state index contributed by atoms with van der Waals surface area (Å²) in [5.41, 5.74) is 7.80. The van der Waals surface area contributed by atoms with Gasteiger partial charge in [0.15, 0.2) is 0 Å². The molecular formula is C14H14IN3O. The summed E-state index contributed by atoms with van der Waals surface area (Å²) in [5, 5.41) is 2.84. The molecule has 0 aliphatic carbocycles. The zero-order valence-electron chi connectivity index (χ0n) is 10.5. The number of aromatic nitrogens is 1. The van der Waals surface area contributed by atoms with Crippen molar-refractivity contribution in [1.82, 2.24) is 4.98 Å². The molecule has 0 aliphatic heterocycles. The van der Waals surface area contributed by atoms with E-state index < -0.39 is 0 Å². The minimum absolute atomic E-state index is 0.176. The van der Waals surface area contributed by atoms with Crippen LogP contribution in [0.5, 0.6) is 0 Å². The van der Waals surface area contributed by atoms with Crippen LogP contribution < -0.4 is 11.1 Å². The molecule has 0 saturated carbocycles. The average molecular weight is 367 g/mol. The number of aryl methyl sites for hydroxylation is 1. The quantitative estimate of drug-likeness (QED) is 0.820. The Morgan fingerprint density at radius 1 is 1.32 bits per heavy atom. The molecule has 0 radical (unpaired) electrons. The maximum atomic E-state index is 12.1. The van der Waals surface area contributed by atoms with Gasteiger partial charge in [-0.1, -0.05) is 6.92 Å². The lowest BCUT2D eigenvalue weighted by Gasteiger charge is -2.07. The van der Waals surface area contributed by atoms with E-state index in [1.165, 1.54) is 0 Å². The second-order valence-corrected chi connectivity index (χ2v) is 5.33. The number of nitrogen functional groups attached to an aromatic ring is 1. The molecule has 1 aromatic carbocycles. The molecule has 0 unspecified atom stereocenters. The van der Waals surface area contributed by atoms with E-state index in [2.05, 4.69) is 32.9 Å². The minimum Gasteiger partial charge on any atom is -0.384 e. The lowest BCUT2D eigenvalue weighted by Crippen LogP contribution is -2.13. The van der Waals surface area contributed by atoms with Crippen molar-refractivity contribution < 1.29 is 4.79 Å². The summed E-state index contributed by atoms with van der Waals surface area (Å²) in [4.78, 5) is 16.3. The highest BCUT2D eigenvalue weighted by Gasteiger charge is 2.08. The minimum atomic E-state index is -0.176. The first-order chi connectivity index (χ1) is 9.08. The second kappa shape index (κ2) is 6.01. The van der Waals surface area contributed by atoms with Gasteiger partial charge >= 0.3 is 0 Å². The third kappa shape index (κ3) is 3.66. The van der Waals surface area contributed by atoms with Crippen molar-refractivity contribution in [3.63, 3.8) is 0 Å². The number of amides is 1. The number of halogens is 1. The number of nitrogens with one attached hydrogen (secondary N) is 1. The summed E-state index contributed by atoms with van der Waals surface area (Å²) in [5.74, 6) is 0.192. The van der Waals surface area contributed by atoms with E-state index in [4.69, 9.17) is 5.73 Å². The largest absolute Gasteiger partial charge is 0.384 e. The first kappa shape index (κ1) is 13.8. The Kier molecular flexibility index (Phi) is 4.36. The molecule has 2 aromatic rings. The normalized spacial score (nSPS) is 10.2. The summed E-state index contributed by atoms with van der Waals surface area (Å²) in [6.45, 7) is 1.97. The molecule has 98 valence electrons. The highest BCUT2D eigenvalue weighted by atomic mass is 127. The molecule has 1 aromatic heterocycles. The van der Waals surface area contributed by atoms with Crippen LogP contribution >= 0.6 is 22.6 Å². The topological polar surface area (TPSA) is 68.0 Å². The SMILES string of the molecule is CCc1cc(C(=O)Nc2ccc(I)cc2)cc(N)n1. The molecular weight excluding hydrogens is 353 g/mol. The first-order valence-electron chi connectivity index (χ1n) is 5.92. The van der Waals surface area contributed by atoms with Crippen molar-refractivity contribution in [3.05, 3.63) is 51.2 Å². The van der Waals surface area contributed by atoms with Crippen molar-refractivity contribution in [2.45, 2.75) is 13.3 Å².